The third-order valence-corrected chi connectivity index (χ3v) is 6.42. The van der Waals surface area contributed by atoms with Crippen LogP contribution in [0.5, 0.6) is 0 Å². The monoisotopic (exact) mass is 501 g/mol. The number of nitrogens with one attached hydrogen (secondary N) is 3. The van der Waals surface area contributed by atoms with E-state index in [-0.39, 0.29) is 48.0 Å². The lowest BCUT2D eigenvalue weighted by atomic mass is 10.00. The third-order valence-electron chi connectivity index (χ3n) is 6.42. The molecule has 9 heteroatoms. The van der Waals surface area contributed by atoms with E-state index in [0.29, 0.717) is 18.8 Å². The van der Waals surface area contributed by atoms with E-state index in [0.717, 1.165) is 11.1 Å². The van der Waals surface area contributed by atoms with Crippen LogP contribution in [-0.2, 0) is 20.8 Å². The fourth-order valence-corrected chi connectivity index (χ4v) is 4.11. The molecule has 0 saturated carbocycles. The molecule has 0 bridgehead atoms. The van der Waals surface area contributed by atoms with E-state index < -0.39 is 12.1 Å². The highest BCUT2D eigenvalue weighted by atomic mass is 35.5. The molecule has 3 rings (SSSR count). The van der Waals surface area contributed by atoms with E-state index in [9.17, 15) is 14.4 Å². The summed E-state index contributed by atoms with van der Waals surface area (Å²) in [6.07, 6.45) is 2.24. The molecule has 8 nitrogen and oxygen atoms in total. The SMILES string of the molecule is CNC(C)C(=O)N[C@H](C(=O)N1c2ncccc2CC1CNC(=O)C(C)c1ccccc1)C(C)C.Cl. The second-order valence-corrected chi connectivity index (χ2v) is 9.17. The van der Waals surface area contributed by atoms with Crippen molar-refractivity contribution in [2.24, 2.45) is 5.92 Å². The van der Waals surface area contributed by atoms with Crippen LogP contribution in [0.4, 0.5) is 5.82 Å². The van der Waals surface area contributed by atoms with Crippen LogP contribution >= 0.6 is 12.4 Å². The molecule has 4 atom stereocenters. The fourth-order valence-electron chi connectivity index (χ4n) is 4.11. The molecule has 0 saturated heterocycles. The first-order valence-corrected chi connectivity index (χ1v) is 11.8. The molecule has 3 amide bonds. The quantitative estimate of drug-likeness (QED) is 0.489. The molecular formula is C26H36ClN5O3. The number of amides is 3. The maximum Gasteiger partial charge on any atom is 0.251 e. The van der Waals surface area contributed by atoms with Crippen molar-refractivity contribution in [3.05, 3.63) is 59.8 Å². The van der Waals surface area contributed by atoms with Gasteiger partial charge in [0.15, 0.2) is 0 Å². The van der Waals surface area contributed by atoms with E-state index >= 15 is 0 Å². The number of carbonyl (C=O) groups excluding carboxylic acids is 3. The third kappa shape index (κ3) is 6.58. The average molecular weight is 502 g/mol. The van der Waals surface area contributed by atoms with Crippen LogP contribution in [0.1, 0.15) is 44.7 Å². The number of nitrogens with zero attached hydrogens (tertiary/aromatic N) is 2. The summed E-state index contributed by atoms with van der Waals surface area (Å²) >= 11 is 0. The molecule has 3 N–H and O–H groups in total. The van der Waals surface area contributed by atoms with Gasteiger partial charge in [-0.15, -0.1) is 12.4 Å². The van der Waals surface area contributed by atoms with Gasteiger partial charge in [0.2, 0.25) is 11.8 Å². The number of anilines is 1. The first kappa shape index (κ1) is 28.3. The molecule has 0 aliphatic carbocycles. The summed E-state index contributed by atoms with van der Waals surface area (Å²) in [5.41, 5.74) is 1.88. The second kappa shape index (κ2) is 12.7. The van der Waals surface area contributed by atoms with Gasteiger partial charge in [-0.05, 0) is 50.4 Å². The highest BCUT2D eigenvalue weighted by Crippen LogP contribution is 2.31. The molecule has 2 aromatic rings. The van der Waals surface area contributed by atoms with Crippen LogP contribution in [0.15, 0.2) is 48.7 Å². The molecule has 3 unspecified atom stereocenters. The summed E-state index contributed by atoms with van der Waals surface area (Å²) in [7, 11) is 1.70. The Morgan fingerprint density at radius 3 is 2.34 bits per heavy atom. The Bertz CT molecular complexity index is 1020. The van der Waals surface area contributed by atoms with Gasteiger partial charge in [0, 0.05) is 12.7 Å². The summed E-state index contributed by atoms with van der Waals surface area (Å²) in [5, 5.41) is 8.81. The molecule has 0 fully saturated rings. The van der Waals surface area contributed by atoms with Crippen molar-refractivity contribution in [2.75, 3.05) is 18.5 Å². The summed E-state index contributed by atoms with van der Waals surface area (Å²) < 4.78 is 0. The molecule has 0 radical (unpaired) electrons. The minimum Gasteiger partial charge on any atom is -0.353 e. The van der Waals surface area contributed by atoms with E-state index in [2.05, 4.69) is 20.9 Å². The summed E-state index contributed by atoms with van der Waals surface area (Å²) in [4.78, 5) is 45.3. The van der Waals surface area contributed by atoms with Gasteiger partial charge in [0.1, 0.15) is 11.9 Å². The molecule has 2 heterocycles. The standard InChI is InChI=1S/C26H35N5O3.ClH/c1-16(2)22(30-25(33)18(4)27-5)26(34)31-21(14-20-12-9-13-28-23(20)31)15-29-24(32)17(3)19-10-7-6-8-11-19;/h6-13,16-18,21-22,27H,14-15H2,1-5H3,(H,29,32)(H,30,33);1H/t17?,18?,21?,22-;/m0./s1. The largest absolute Gasteiger partial charge is 0.353 e. The van der Waals surface area contributed by atoms with Gasteiger partial charge in [-0.3, -0.25) is 19.3 Å². The Kier molecular flexibility index (Phi) is 10.2. The Morgan fingerprint density at radius 2 is 1.71 bits per heavy atom. The molecule has 0 spiro atoms. The maximum atomic E-state index is 13.7. The van der Waals surface area contributed by atoms with Crippen molar-refractivity contribution >= 4 is 35.9 Å². The molecule has 35 heavy (non-hydrogen) atoms. The van der Waals surface area contributed by atoms with Gasteiger partial charge in [-0.25, -0.2) is 4.98 Å². The minimum atomic E-state index is -0.710. The van der Waals surface area contributed by atoms with Gasteiger partial charge in [-0.1, -0.05) is 50.2 Å². The van der Waals surface area contributed by atoms with Crippen molar-refractivity contribution in [3.8, 4) is 0 Å². The van der Waals surface area contributed by atoms with Crippen molar-refractivity contribution < 1.29 is 14.4 Å². The lowest BCUT2D eigenvalue weighted by Gasteiger charge is -2.31. The molecule has 1 aliphatic heterocycles. The topological polar surface area (TPSA) is 103 Å². The zero-order valence-corrected chi connectivity index (χ0v) is 21.8. The number of aromatic nitrogens is 1. The fraction of sp³-hybridized carbons (Fsp3) is 0.462. The van der Waals surface area contributed by atoms with Crippen molar-refractivity contribution in [1.82, 2.24) is 20.9 Å². The van der Waals surface area contributed by atoms with Crippen LogP contribution in [-0.4, -0.2) is 54.4 Å². The van der Waals surface area contributed by atoms with Crippen LogP contribution in [0, 0.1) is 5.92 Å². The minimum absolute atomic E-state index is 0. The zero-order chi connectivity index (χ0) is 24.8. The summed E-state index contributed by atoms with van der Waals surface area (Å²) in [6, 6.07) is 12.0. The molecule has 1 aliphatic rings. The average Bonchev–Trinajstić information content (AvgIpc) is 3.22. The highest BCUT2D eigenvalue weighted by Gasteiger charge is 2.40. The first-order valence-electron chi connectivity index (χ1n) is 11.8. The Balaban J connectivity index is 0.00000432. The van der Waals surface area contributed by atoms with E-state index in [1.807, 2.05) is 63.2 Å². The lowest BCUT2D eigenvalue weighted by Crippen LogP contribution is -2.57. The van der Waals surface area contributed by atoms with E-state index in [1.54, 1.807) is 25.1 Å². The van der Waals surface area contributed by atoms with Gasteiger partial charge < -0.3 is 16.0 Å². The van der Waals surface area contributed by atoms with Gasteiger partial charge >= 0.3 is 0 Å². The smallest absolute Gasteiger partial charge is 0.251 e. The lowest BCUT2D eigenvalue weighted by molar-refractivity contribution is -0.129. The number of pyridine rings is 1. The van der Waals surface area contributed by atoms with Gasteiger partial charge in [0.05, 0.1) is 18.0 Å². The number of hydrogen-bond acceptors (Lipinski definition) is 5. The normalized spacial score (nSPS) is 17.1. The second-order valence-electron chi connectivity index (χ2n) is 9.17. The van der Waals surface area contributed by atoms with Crippen LogP contribution in [0.3, 0.4) is 0 Å². The Morgan fingerprint density at radius 1 is 1.03 bits per heavy atom. The van der Waals surface area contributed by atoms with E-state index in [4.69, 9.17) is 0 Å². The van der Waals surface area contributed by atoms with Crippen LogP contribution < -0.4 is 20.9 Å². The predicted octanol–water partition coefficient (Wildman–Crippen LogP) is 2.43. The number of halogens is 1. The Labute approximate surface area is 213 Å². The molecule has 1 aromatic carbocycles. The van der Waals surface area contributed by atoms with Crippen molar-refractivity contribution in [1.29, 1.82) is 0 Å². The van der Waals surface area contributed by atoms with E-state index in [1.165, 1.54) is 0 Å². The van der Waals surface area contributed by atoms with Crippen LogP contribution in [0.2, 0.25) is 0 Å². The van der Waals surface area contributed by atoms with Crippen molar-refractivity contribution in [2.45, 2.75) is 58.2 Å². The van der Waals surface area contributed by atoms with Crippen molar-refractivity contribution in [3.63, 3.8) is 0 Å². The first-order chi connectivity index (χ1) is 16.2. The van der Waals surface area contributed by atoms with Crippen LogP contribution in [0.25, 0.3) is 0 Å². The highest BCUT2D eigenvalue weighted by molar-refractivity contribution is 6.01. The number of likely N-dealkylation sites (N-methyl/N-ethyl adjacent to an activating group) is 1. The summed E-state index contributed by atoms with van der Waals surface area (Å²) in [5.74, 6) is -0.404. The number of rotatable bonds is 9. The number of fused-ring (bicyclic) bond motifs is 1. The van der Waals surface area contributed by atoms with Gasteiger partial charge in [-0.2, -0.15) is 0 Å². The molecular weight excluding hydrogens is 466 g/mol. The molecule has 190 valence electrons. The van der Waals surface area contributed by atoms with Gasteiger partial charge in [0.25, 0.3) is 5.91 Å². The summed E-state index contributed by atoms with van der Waals surface area (Å²) in [6.45, 7) is 7.72. The maximum absolute atomic E-state index is 13.7. The predicted molar refractivity (Wildman–Crippen MR) is 140 cm³/mol. The number of benzene rings is 1. The Hall–Kier alpha value is -2.97. The zero-order valence-electron chi connectivity index (χ0n) is 20.9. The number of hydrogen-bond donors (Lipinski definition) is 3. The number of carbonyl (C=O) groups is 3. The molecule has 1 aromatic heterocycles.